The summed E-state index contributed by atoms with van der Waals surface area (Å²) in [5, 5.41) is 6.62. The Hall–Kier alpha value is -1.47. The molecule has 1 amide bonds. The molecule has 122 valence electrons. The Morgan fingerprint density at radius 3 is 2.64 bits per heavy atom. The molecule has 0 aromatic heterocycles. The summed E-state index contributed by atoms with van der Waals surface area (Å²) in [7, 11) is 1.76. The zero-order valence-electron chi connectivity index (χ0n) is 12.9. The molecular weight excluding hydrogens is 318 g/mol. The summed E-state index contributed by atoms with van der Waals surface area (Å²) in [5.74, 6) is 0.740. The highest BCUT2D eigenvalue weighted by Gasteiger charge is 2.23. The second kappa shape index (κ2) is 10.3. The molecule has 1 aromatic rings. The number of amides is 1. The standard InChI is InChI=1S/C15H23N3O2S2/c1-3-12(20-11-7-5-4-6-8-11)13(22-10-14(16)19)9-18-15(21)17-2/h4-8,12-13H,3,9-10H2,1-2H3,(H2,16,19)(H2,17,18,21). The maximum Gasteiger partial charge on any atom is 0.227 e. The monoisotopic (exact) mass is 341 g/mol. The van der Waals surface area contributed by atoms with Crippen LogP contribution in [0.5, 0.6) is 5.75 Å². The maximum absolute atomic E-state index is 11.1. The highest BCUT2D eigenvalue weighted by Crippen LogP contribution is 2.22. The largest absolute Gasteiger partial charge is 0.489 e. The predicted octanol–water partition coefficient (Wildman–Crippen LogP) is 1.52. The zero-order chi connectivity index (χ0) is 16.4. The Morgan fingerprint density at radius 1 is 1.41 bits per heavy atom. The Morgan fingerprint density at radius 2 is 2.09 bits per heavy atom. The Balaban J connectivity index is 2.70. The number of thioether (sulfide) groups is 1. The van der Waals surface area contributed by atoms with Gasteiger partial charge in [-0.1, -0.05) is 25.1 Å². The number of nitrogens with two attached hydrogens (primary N) is 1. The third-order valence-corrected chi connectivity index (χ3v) is 4.68. The number of hydrogen-bond acceptors (Lipinski definition) is 4. The van der Waals surface area contributed by atoms with Crippen LogP contribution in [0.2, 0.25) is 0 Å². The van der Waals surface area contributed by atoms with E-state index < -0.39 is 0 Å². The van der Waals surface area contributed by atoms with Gasteiger partial charge >= 0.3 is 0 Å². The van der Waals surface area contributed by atoms with Gasteiger partial charge in [0.25, 0.3) is 0 Å². The summed E-state index contributed by atoms with van der Waals surface area (Å²) >= 11 is 6.58. The van der Waals surface area contributed by atoms with Crippen molar-refractivity contribution in [3.8, 4) is 5.75 Å². The molecule has 22 heavy (non-hydrogen) atoms. The molecule has 0 bridgehead atoms. The first kappa shape index (κ1) is 18.6. The lowest BCUT2D eigenvalue weighted by Gasteiger charge is -2.27. The van der Waals surface area contributed by atoms with Crippen molar-refractivity contribution in [1.82, 2.24) is 10.6 Å². The molecule has 2 atom stereocenters. The molecule has 4 N–H and O–H groups in total. The van der Waals surface area contributed by atoms with Gasteiger partial charge in [-0.05, 0) is 30.8 Å². The van der Waals surface area contributed by atoms with E-state index in [4.69, 9.17) is 22.7 Å². The fourth-order valence-electron chi connectivity index (χ4n) is 1.86. The number of carbonyl (C=O) groups excluding carboxylic acids is 1. The quantitative estimate of drug-likeness (QED) is 0.591. The minimum absolute atomic E-state index is 0.0427. The summed E-state index contributed by atoms with van der Waals surface area (Å²) < 4.78 is 6.05. The average Bonchev–Trinajstić information content (AvgIpc) is 2.53. The average molecular weight is 342 g/mol. The predicted molar refractivity (Wildman–Crippen MR) is 96.2 cm³/mol. The number of carbonyl (C=O) groups is 1. The summed E-state index contributed by atoms with van der Waals surface area (Å²) in [4.78, 5) is 11.1. The van der Waals surface area contributed by atoms with Crippen molar-refractivity contribution in [2.45, 2.75) is 24.7 Å². The number of rotatable bonds is 9. The third-order valence-electron chi connectivity index (χ3n) is 2.98. The molecule has 0 saturated carbocycles. The van der Waals surface area contributed by atoms with E-state index in [1.807, 2.05) is 30.3 Å². The Kier molecular flexibility index (Phi) is 8.69. The van der Waals surface area contributed by atoms with Crippen molar-refractivity contribution >= 4 is 35.0 Å². The molecule has 0 heterocycles. The number of hydrogen-bond donors (Lipinski definition) is 3. The second-order valence-corrected chi connectivity index (χ2v) is 6.29. The lowest BCUT2D eigenvalue weighted by Crippen LogP contribution is -2.43. The van der Waals surface area contributed by atoms with Gasteiger partial charge in [0.15, 0.2) is 5.11 Å². The molecule has 7 heteroatoms. The van der Waals surface area contributed by atoms with Crippen LogP contribution in [-0.4, -0.2) is 41.7 Å². The van der Waals surface area contributed by atoms with Gasteiger partial charge in [0.1, 0.15) is 11.9 Å². The number of nitrogens with one attached hydrogen (secondary N) is 2. The van der Waals surface area contributed by atoms with Crippen LogP contribution in [0.3, 0.4) is 0 Å². The van der Waals surface area contributed by atoms with E-state index >= 15 is 0 Å². The van der Waals surface area contributed by atoms with Gasteiger partial charge in [-0.3, -0.25) is 4.79 Å². The molecule has 0 aliphatic carbocycles. The second-order valence-electron chi connectivity index (χ2n) is 4.65. The van der Waals surface area contributed by atoms with E-state index in [1.54, 1.807) is 7.05 Å². The summed E-state index contributed by atoms with van der Waals surface area (Å²) in [6, 6.07) is 9.65. The van der Waals surface area contributed by atoms with Gasteiger partial charge in [0, 0.05) is 13.6 Å². The fraction of sp³-hybridized carbons (Fsp3) is 0.467. The molecule has 0 aliphatic heterocycles. The summed E-state index contributed by atoms with van der Waals surface area (Å²) in [5.41, 5.74) is 5.26. The normalized spacial score (nSPS) is 13.0. The van der Waals surface area contributed by atoms with Crippen molar-refractivity contribution in [3.63, 3.8) is 0 Å². The molecular formula is C15H23N3O2S2. The first-order chi connectivity index (χ1) is 10.6. The van der Waals surface area contributed by atoms with Crippen LogP contribution in [0.4, 0.5) is 0 Å². The molecule has 5 nitrogen and oxygen atoms in total. The van der Waals surface area contributed by atoms with Crippen molar-refractivity contribution in [2.75, 3.05) is 19.3 Å². The molecule has 0 aliphatic rings. The number of benzene rings is 1. The van der Waals surface area contributed by atoms with Crippen LogP contribution < -0.4 is 21.1 Å². The minimum atomic E-state index is -0.333. The van der Waals surface area contributed by atoms with E-state index in [1.165, 1.54) is 11.8 Å². The van der Waals surface area contributed by atoms with Crippen molar-refractivity contribution in [1.29, 1.82) is 0 Å². The number of primary amides is 1. The first-order valence-electron chi connectivity index (χ1n) is 7.14. The SMILES string of the molecule is CCC(Oc1ccccc1)C(CNC(=S)NC)SCC(N)=O. The smallest absolute Gasteiger partial charge is 0.227 e. The zero-order valence-corrected chi connectivity index (χ0v) is 14.5. The van der Waals surface area contributed by atoms with Gasteiger partial charge in [0.2, 0.25) is 5.91 Å². The first-order valence-corrected chi connectivity index (χ1v) is 8.59. The van der Waals surface area contributed by atoms with Crippen molar-refractivity contribution in [3.05, 3.63) is 30.3 Å². The highest BCUT2D eigenvalue weighted by atomic mass is 32.2. The van der Waals surface area contributed by atoms with Crippen LogP contribution in [0.15, 0.2) is 30.3 Å². The number of thiocarbonyl (C=S) groups is 1. The molecule has 1 rings (SSSR count). The molecule has 1 aromatic carbocycles. The van der Waals surface area contributed by atoms with Crippen LogP contribution in [0, 0.1) is 0 Å². The summed E-state index contributed by atoms with van der Waals surface area (Å²) in [6.07, 6.45) is 0.776. The Labute approximate surface area is 141 Å². The Bertz CT molecular complexity index is 471. The van der Waals surface area contributed by atoms with Crippen LogP contribution in [-0.2, 0) is 4.79 Å². The molecule has 2 unspecified atom stereocenters. The molecule has 0 radical (unpaired) electrons. The van der Waals surface area contributed by atoms with Crippen LogP contribution in [0.1, 0.15) is 13.3 Å². The lowest BCUT2D eigenvalue weighted by molar-refractivity contribution is -0.115. The fourth-order valence-corrected chi connectivity index (χ4v) is 2.99. The minimum Gasteiger partial charge on any atom is -0.489 e. The maximum atomic E-state index is 11.1. The van der Waals surface area contributed by atoms with Crippen LogP contribution in [0.25, 0.3) is 0 Å². The third kappa shape index (κ3) is 7.00. The summed E-state index contributed by atoms with van der Waals surface area (Å²) in [6.45, 7) is 2.66. The van der Waals surface area contributed by atoms with Gasteiger partial charge in [-0.15, -0.1) is 11.8 Å². The molecule has 0 fully saturated rings. The van der Waals surface area contributed by atoms with E-state index in [0.29, 0.717) is 11.7 Å². The lowest BCUT2D eigenvalue weighted by atomic mass is 10.2. The van der Waals surface area contributed by atoms with Gasteiger partial charge < -0.3 is 21.1 Å². The molecule has 0 saturated heterocycles. The van der Waals surface area contributed by atoms with E-state index in [2.05, 4.69) is 17.6 Å². The van der Waals surface area contributed by atoms with Gasteiger partial charge in [-0.2, -0.15) is 0 Å². The van der Waals surface area contributed by atoms with Crippen molar-refractivity contribution < 1.29 is 9.53 Å². The van der Waals surface area contributed by atoms with Gasteiger partial charge in [0.05, 0.1) is 11.0 Å². The molecule has 0 spiro atoms. The topological polar surface area (TPSA) is 76.4 Å². The van der Waals surface area contributed by atoms with Crippen molar-refractivity contribution in [2.24, 2.45) is 5.73 Å². The highest BCUT2D eigenvalue weighted by molar-refractivity contribution is 8.00. The van der Waals surface area contributed by atoms with Gasteiger partial charge in [-0.25, -0.2) is 0 Å². The van der Waals surface area contributed by atoms with E-state index in [-0.39, 0.29) is 23.0 Å². The van der Waals surface area contributed by atoms with Crippen LogP contribution >= 0.6 is 24.0 Å². The van der Waals surface area contributed by atoms with E-state index in [9.17, 15) is 4.79 Å². The number of ether oxygens (including phenoxy) is 1. The number of para-hydroxylation sites is 1. The van der Waals surface area contributed by atoms with E-state index in [0.717, 1.165) is 12.2 Å².